The zero-order valence-electron chi connectivity index (χ0n) is 19.3. The van der Waals surface area contributed by atoms with Gasteiger partial charge in [0.2, 0.25) is 0 Å². The summed E-state index contributed by atoms with van der Waals surface area (Å²) in [7, 11) is 1.77. The van der Waals surface area contributed by atoms with Crippen LogP contribution in [0.2, 0.25) is 0 Å². The van der Waals surface area contributed by atoms with E-state index in [4.69, 9.17) is 13.9 Å². The molecule has 0 bridgehead atoms. The molecule has 1 saturated heterocycles. The molecule has 1 aliphatic rings. The van der Waals surface area contributed by atoms with Gasteiger partial charge in [0.1, 0.15) is 18.0 Å². The van der Waals surface area contributed by atoms with Gasteiger partial charge in [0.05, 0.1) is 6.26 Å². The van der Waals surface area contributed by atoms with E-state index in [1.807, 2.05) is 37.8 Å². The summed E-state index contributed by atoms with van der Waals surface area (Å²) in [6.45, 7) is 10.0. The van der Waals surface area contributed by atoms with Crippen LogP contribution in [0.4, 0.5) is 4.79 Å². The van der Waals surface area contributed by atoms with Gasteiger partial charge in [-0.15, -0.1) is 24.0 Å². The lowest BCUT2D eigenvalue weighted by Crippen LogP contribution is -2.44. The maximum atomic E-state index is 12.3. The van der Waals surface area contributed by atoms with Crippen molar-refractivity contribution in [2.24, 2.45) is 10.9 Å². The van der Waals surface area contributed by atoms with Crippen LogP contribution in [0.15, 0.2) is 27.8 Å². The first-order valence-corrected chi connectivity index (χ1v) is 10.9. The Morgan fingerprint density at radius 2 is 2.10 bits per heavy atom. The molecule has 2 N–H and O–H groups in total. The Bertz CT molecular complexity index is 646. The number of nitrogens with one attached hydrogen (secondary N) is 2. The third kappa shape index (κ3) is 11.6. The molecule has 1 aromatic rings. The van der Waals surface area contributed by atoms with E-state index in [1.54, 1.807) is 13.3 Å². The van der Waals surface area contributed by atoms with Crippen molar-refractivity contribution in [1.82, 2.24) is 15.5 Å². The fourth-order valence-corrected chi connectivity index (χ4v) is 3.36. The molecule has 31 heavy (non-hydrogen) atoms. The van der Waals surface area contributed by atoms with E-state index >= 15 is 0 Å². The maximum Gasteiger partial charge on any atom is 0.410 e. The Labute approximate surface area is 203 Å². The molecule has 2 rings (SSSR count). The van der Waals surface area contributed by atoms with Crippen molar-refractivity contribution in [3.8, 4) is 0 Å². The SMILES string of the molecule is CN=C(NCCCOCc1ccco1)NCCC1CCCN(C(=O)OC(C)(C)C)C1.I. The lowest BCUT2D eigenvalue weighted by atomic mass is 9.95. The largest absolute Gasteiger partial charge is 0.467 e. The Morgan fingerprint density at radius 1 is 1.32 bits per heavy atom. The van der Waals surface area contributed by atoms with Crippen molar-refractivity contribution in [2.45, 2.75) is 58.7 Å². The topological polar surface area (TPSA) is 88.3 Å². The first kappa shape index (κ1) is 27.5. The third-order valence-corrected chi connectivity index (χ3v) is 4.82. The highest BCUT2D eigenvalue weighted by Gasteiger charge is 2.27. The Kier molecular flexibility index (Phi) is 12.9. The lowest BCUT2D eigenvalue weighted by molar-refractivity contribution is 0.0162. The monoisotopic (exact) mass is 550 g/mol. The van der Waals surface area contributed by atoms with E-state index in [2.05, 4.69) is 15.6 Å². The molecule has 178 valence electrons. The van der Waals surface area contributed by atoms with Crippen molar-refractivity contribution >= 4 is 36.0 Å². The number of furan rings is 1. The molecule has 0 saturated carbocycles. The van der Waals surface area contributed by atoms with Crippen LogP contribution in [0.3, 0.4) is 0 Å². The van der Waals surface area contributed by atoms with Crippen LogP contribution in [0.5, 0.6) is 0 Å². The van der Waals surface area contributed by atoms with Gasteiger partial charge in [0.15, 0.2) is 5.96 Å². The molecule has 8 nitrogen and oxygen atoms in total. The molecule has 1 aliphatic heterocycles. The number of piperidine rings is 1. The fraction of sp³-hybridized carbons (Fsp3) is 0.727. The third-order valence-electron chi connectivity index (χ3n) is 4.82. The molecule has 0 aromatic carbocycles. The zero-order valence-corrected chi connectivity index (χ0v) is 21.6. The Balaban J connectivity index is 0.00000480. The first-order valence-electron chi connectivity index (χ1n) is 10.9. The molecule has 0 radical (unpaired) electrons. The number of amides is 1. The van der Waals surface area contributed by atoms with Gasteiger partial charge in [-0.25, -0.2) is 4.79 Å². The van der Waals surface area contributed by atoms with Crippen LogP contribution in [0.25, 0.3) is 0 Å². The van der Waals surface area contributed by atoms with Crippen LogP contribution >= 0.6 is 24.0 Å². The molecule has 1 aromatic heterocycles. The summed E-state index contributed by atoms with van der Waals surface area (Å²) in [5.41, 5.74) is -0.451. The van der Waals surface area contributed by atoms with Gasteiger partial charge in [-0.2, -0.15) is 0 Å². The van der Waals surface area contributed by atoms with Gasteiger partial charge in [0, 0.05) is 39.8 Å². The Hall–Kier alpha value is -1.49. The predicted molar refractivity (Wildman–Crippen MR) is 133 cm³/mol. The van der Waals surface area contributed by atoms with Gasteiger partial charge in [0.25, 0.3) is 0 Å². The zero-order chi connectivity index (χ0) is 21.8. The van der Waals surface area contributed by atoms with E-state index in [0.29, 0.717) is 19.1 Å². The number of rotatable bonds is 9. The molecule has 0 aliphatic carbocycles. The number of halogens is 1. The van der Waals surface area contributed by atoms with E-state index in [0.717, 1.165) is 63.6 Å². The normalized spacial score (nSPS) is 17.1. The van der Waals surface area contributed by atoms with Gasteiger partial charge in [-0.3, -0.25) is 4.99 Å². The van der Waals surface area contributed by atoms with E-state index < -0.39 is 5.60 Å². The second-order valence-corrected chi connectivity index (χ2v) is 8.63. The number of nitrogens with zero attached hydrogens (tertiary/aromatic N) is 2. The molecule has 9 heteroatoms. The summed E-state index contributed by atoms with van der Waals surface area (Å²) in [5, 5.41) is 6.67. The predicted octanol–water partition coefficient (Wildman–Crippen LogP) is 4.01. The lowest BCUT2D eigenvalue weighted by Gasteiger charge is -2.34. The summed E-state index contributed by atoms with van der Waals surface area (Å²) < 4.78 is 16.3. The minimum absolute atomic E-state index is 0. The van der Waals surface area contributed by atoms with Crippen molar-refractivity contribution in [3.05, 3.63) is 24.2 Å². The average molecular weight is 550 g/mol. The number of carbonyl (C=O) groups is 1. The van der Waals surface area contributed by atoms with Gasteiger partial charge >= 0.3 is 6.09 Å². The number of likely N-dealkylation sites (tertiary alicyclic amines) is 1. The molecule has 2 heterocycles. The summed E-state index contributed by atoms with van der Waals surface area (Å²) in [6.07, 6.45) is 5.49. The van der Waals surface area contributed by atoms with Gasteiger partial charge in [-0.05, 0) is 64.5 Å². The average Bonchev–Trinajstić information content (AvgIpc) is 3.21. The quantitative estimate of drug-likeness (QED) is 0.209. The fourth-order valence-electron chi connectivity index (χ4n) is 3.36. The second-order valence-electron chi connectivity index (χ2n) is 8.63. The smallest absolute Gasteiger partial charge is 0.410 e. The van der Waals surface area contributed by atoms with E-state index in [-0.39, 0.29) is 30.1 Å². The van der Waals surface area contributed by atoms with Crippen molar-refractivity contribution in [2.75, 3.05) is 39.8 Å². The molecular weight excluding hydrogens is 511 g/mol. The highest BCUT2D eigenvalue weighted by atomic mass is 127. The van der Waals surface area contributed by atoms with Crippen molar-refractivity contribution in [3.63, 3.8) is 0 Å². The maximum absolute atomic E-state index is 12.3. The molecule has 1 amide bonds. The van der Waals surface area contributed by atoms with Crippen LogP contribution < -0.4 is 10.6 Å². The summed E-state index contributed by atoms with van der Waals surface area (Å²) in [4.78, 5) is 18.4. The number of hydrogen-bond donors (Lipinski definition) is 2. The van der Waals surface area contributed by atoms with Crippen LogP contribution in [0, 0.1) is 5.92 Å². The summed E-state index contributed by atoms with van der Waals surface area (Å²) >= 11 is 0. The minimum Gasteiger partial charge on any atom is -0.467 e. The minimum atomic E-state index is -0.451. The van der Waals surface area contributed by atoms with Gasteiger partial charge in [-0.1, -0.05) is 0 Å². The number of aliphatic imine (C=N–C) groups is 1. The van der Waals surface area contributed by atoms with Crippen molar-refractivity contribution in [1.29, 1.82) is 0 Å². The molecule has 0 spiro atoms. The number of hydrogen-bond acceptors (Lipinski definition) is 5. The number of guanidine groups is 1. The Morgan fingerprint density at radius 3 is 2.77 bits per heavy atom. The summed E-state index contributed by atoms with van der Waals surface area (Å²) in [5.74, 6) is 2.11. The number of carbonyl (C=O) groups excluding carboxylic acids is 1. The van der Waals surface area contributed by atoms with Crippen LogP contribution in [-0.2, 0) is 16.1 Å². The van der Waals surface area contributed by atoms with E-state index in [1.165, 1.54) is 0 Å². The van der Waals surface area contributed by atoms with E-state index in [9.17, 15) is 4.79 Å². The highest BCUT2D eigenvalue weighted by Crippen LogP contribution is 2.21. The number of ether oxygens (including phenoxy) is 2. The molecule has 1 unspecified atom stereocenters. The van der Waals surface area contributed by atoms with Crippen LogP contribution in [-0.4, -0.2) is 62.4 Å². The standard InChI is InChI=1S/C22H38N4O4.HI/c1-22(2,3)30-21(27)26-13-5-8-18(16-26)10-12-25-20(23-4)24-11-7-14-28-17-19-9-6-15-29-19;/h6,9,15,18H,5,7-8,10-14,16-17H2,1-4H3,(H2,23,24,25);1H. The highest BCUT2D eigenvalue weighted by molar-refractivity contribution is 14.0. The summed E-state index contributed by atoms with van der Waals surface area (Å²) in [6, 6.07) is 3.77. The van der Waals surface area contributed by atoms with Gasteiger partial charge < -0.3 is 29.4 Å². The molecular formula is C22H39IN4O4. The second kappa shape index (κ2) is 14.5. The first-order chi connectivity index (χ1) is 14.4. The molecule has 1 fully saturated rings. The van der Waals surface area contributed by atoms with Crippen molar-refractivity contribution < 1.29 is 18.7 Å². The van der Waals surface area contributed by atoms with Crippen LogP contribution in [0.1, 0.15) is 52.2 Å². The molecule has 1 atom stereocenters.